The van der Waals surface area contributed by atoms with Crippen molar-refractivity contribution in [1.82, 2.24) is 19.7 Å². The van der Waals surface area contributed by atoms with Gasteiger partial charge in [0.25, 0.3) is 0 Å². The topological polar surface area (TPSA) is 60.7 Å². The second kappa shape index (κ2) is 4.28. The lowest BCUT2D eigenvalue weighted by Crippen LogP contribution is -1.97. The molecular formula is C10H8N4O. The summed E-state index contributed by atoms with van der Waals surface area (Å²) < 4.78 is 1.56. The zero-order valence-corrected chi connectivity index (χ0v) is 7.82. The molecule has 0 spiro atoms. The minimum atomic E-state index is 0.691. The fraction of sp³-hybridized carbons (Fsp3) is 0. The van der Waals surface area contributed by atoms with Gasteiger partial charge in [-0.2, -0.15) is 5.10 Å². The molecule has 0 saturated carbocycles. The highest BCUT2D eigenvalue weighted by Gasteiger charge is 1.96. The van der Waals surface area contributed by atoms with Crippen molar-refractivity contribution in [3.05, 3.63) is 42.6 Å². The molecule has 0 amide bonds. The molecule has 15 heavy (non-hydrogen) atoms. The maximum atomic E-state index is 10.1. The number of carbonyl (C=O) groups excluding carboxylic acids is 1. The Balaban J connectivity index is 2.24. The van der Waals surface area contributed by atoms with Crippen LogP contribution in [0, 0.1) is 0 Å². The molecule has 2 rings (SSSR count). The summed E-state index contributed by atoms with van der Waals surface area (Å²) in [6.07, 6.45) is 8.52. The Morgan fingerprint density at radius 2 is 2.27 bits per heavy atom. The molecular weight excluding hydrogens is 192 g/mol. The highest BCUT2D eigenvalue weighted by atomic mass is 16.1. The number of hydrogen-bond donors (Lipinski definition) is 0. The molecule has 2 aromatic rings. The van der Waals surface area contributed by atoms with E-state index < -0.39 is 0 Å². The number of allylic oxidation sites excluding steroid dienone is 1. The molecule has 5 nitrogen and oxygen atoms in total. The molecule has 2 aromatic heterocycles. The normalized spacial score (nSPS) is 10.7. The van der Waals surface area contributed by atoms with E-state index in [0.29, 0.717) is 5.82 Å². The molecule has 0 aliphatic carbocycles. The summed E-state index contributed by atoms with van der Waals surface area (Å²) in [6, 6.07) is 3.66. The van der Waals surface area contributed by atoms with E-state index >= 15 is 0 Å². The van der Waals surface area contributed by atoms with Crippen LogP contribution in [0.1, 0.15) is 5.56 Å². The minimum Gasteiger partial charge on any atom is -0.299 e. The van der Waals surface area contributed by atoms with Crippen LogP contribution >= 0.6 is 0 Å². The first kappa shape index (κ1) is 9.26. The average molecular weight is 200 g/mol. The first-order valence-corrected chi connectivity index (χ1v) is 4.33. The Morgan fingerprint density at radius 1 is 1.33 bits per heavy atom. The second-order valence-corrected chi connectivity index (χ2v) is 2.78. The van der Waals surface area contributed by atoms with Gasteiger partial charge in [-0.15, -0.1) is 0 Å². The van der Waals surface area contributed by atoms with E-state index in [4.69, 9.17) is 0 Å². The largest absolute Gasteiger partial charge is 0.299 e. The van der Waals surface area contributed by atoms with Crippen LogP contribution in [0.2, 0.25) is 0 Å². The van der Waals surface area contributed by atoms with E-state index in [2.05, 4.69) is 15.1 Å². The number of aldehydes is 1. The molecule has 0 fully saturated rings. The zero-order valence-electron chi connectivity index (χ0n) is 7.82. The molecule has 0 bridgehead atoms. The lowest BCUT2D eigenvalue weighted by molar-refractivity contribution is -0.104. The van der Waals surface area contributed by atoms with Crippen LogP contribution in [0.3, 0.4) is 0 Å². The van der Waals surface area contributed by atoms with Crippen LogP contribution < -0.4 is 0 Å². The molecule has 2 heterocycles. The molecule has 74 valence electrons. The van der Waals surface area contributed by atoms with Gasteiger partial charge < -0.3 is 0 Å². The monoisotopic (exact) mass is 200 g/mol. The van der Waals surface area contributed by atoms with E-state index in [0.717, 1.165) is 11.8 Å². The van der Waals surface area contributed by atoms with Gasteiger partial charge in [-0.05, 0) is 23.8 Å². The third-order valence-corrected chi connectivity index (χ3v) is 1.79. The standard InChI is InChI=1S/C10H8N4O/c15-5-1-2-9-3-4-10(12-6-9)14-8-11-7-13-14/h1-8H/b2-1+. The summed E-state index contributed by atoms with van der Waals surface area (Å²) in [5.74, 6) is 0.691. The Hall–Kier alpha value is -2.30. The predicted molar refractivity (Wildman–Crippen MR) is 54.3 cm³/mol. The van der Waals surface area contributed by atoms with E-state index in [1.807, 2.05) is 6.07 Å². The molecule has 5 heteroatoms. The van der Waals surface area contributed by atoms with Crippen molar-refractivity contribution < 1.29 is 4.79 Å². The van der Waals surface area contributed by atoms with Crippen LogP contribution in [0.4, 0.5) is 0 Å². The van der Waals surface area contributed by atoms with Gasteiger partial charge in [0.1, 0.15) is 18.9 Å². The molecule has 0 saturated heterocycles. The maximum Gasteiger partial charge on any atom is 0.155 e. The molecule has 0 atom stereocenters. The molecule has 0 aromatic carbocycles. The summed E-state index contributed by atoms with van der Waals surface area (Å²) in [7, 11) is 0. The lowest BCUT2D eigenvalue weighted by atomic mass is 10.2. The Labute approximate surface area is 86.1 Å². The van der Waals surface area contributed by atoms with E-state index in [1.54, 1.807) is 29.3 Å². The van der Waals surface area contributed by atoms with Gasteiger partial charge in [-0.3, -0.25) is 4.79 Å². The van der Waals surface area contributed by atoms with Gasteiger partial charge in [0.05, 0.1) is 0 Å². The van der Waals surface area contributed by atoms with Crippen LogP contribution in [-0.4, -0.2) is 26.0 Å². The summed E-state index contributed by atoms with van der Waals surface area (Å²) in [6.45, 7) is 0. The SMILES string of the molecule is O=C/C=C/c1ccc(-n2cncn2)nc1. The maximum absolute atomic E-state index is 10.1. The quantitative estimate of drug-likeness (QED) is 0.545. The number of pyridine rings is 1. The fourth-order valence-corrected chi connectivity index (χ4v) is 1.11. The van der Waals surface area contributed by atoms with E-state index in [9.17, 15) is 4.79 Å². The van der Waals surface area contributed by atoms with Crippen LogP contribution in [0.25, 0.3) is 11.9 Å². The zero-order chi connectivity index (χ0) is 10.5. The van der Waals surface area contributed by atoms with Crippen LogP contribution in [-0.2, 0) is 4.79 Å². The van der Waals surface area contributed by atoms with Gasteiger partial charge in [-0.25, -0.2) is 14.6 Å². The fourth-order valence-electron chi connectivity index (χ4n) is 1.11. The van der Waals surface area contributed by atoms with Crippen molar-refractivity contribution >= 4 is 12.4 Å². The third kappa shape index (κ3) is 2.14. The van der Waals surface area contributed by atoms with Gasteiger partial charge >= 0.3 is 0 Å². The Kier molecular flexibility index (Phi) is 2.64. The Bertz CT molecular complexity index is 459. The highest BCUT2D eigenvalue weighted by Crippen LogP contribution is 2.04. The summed E-state index contributed by atoms with van der Waals surface area (Å²) in [5, 5.41) is 3.95. The van der Waals surface area contributed by atoms with Crippen molar-refractivity contribution in [3.63, 3.8) is 0 Å². The Morgan fingerprint density at radius 3 is 2.87 bits per heavy atom. The molecule has 0 aliphatic heterocycles. The minimum absolute atomic E-state index is 0.691. The van der Waals surface area contributed by atoms with Gasteiger partial charge in [0.15, 0.2) is 5.82 Å². The highest BCUT2D eigenvalue weighted by molar-refractivity contribution is 5.73. The molecule has 0 N–H and O–H groups in total. The number of nitrogens with zero attached hydrogens (tertiary/aromatic N) is 4. The first-order chi connectivity index (χ1) is 7.40. The number of hydrogen-bond acceptors (Lipinski definition) is 4. The molecule has 0 aliphatic rings. The van der Waals surface area contributed by atoms with Gasteiger partial charge in [0.2, 0.25) is 0 Å². The smallest absolute Gasteiger partial charge is 0.155 e. The second-order valence-electron chi connectivity index (χ2n) is 2.78. The average Bonchev–Trinajstić information content (AvgIpc) is 2.80. The van der Waals surface area contributed by atoms with Gasteiger partial charge in [-0.1, -0.05) is 6.08 Å². The van der Waals surface area contributed by atoms with Crippen LogP contribution in [0.5, 0.6) is 0 Å². The number of rotatable bonds is 3. The number of carbonyl (C=O) groups is 1. The molecule has 0 radical (unpaired) electrons. The summed E-state index contributed by atoms with van der Waals surface area (Å²) >= 11 is 0. The van der Waals surface area contributed by atoms with Crippen molar-refractivity contribution in [1.29, 1.82) is 0 Å². The van der Waals surface area contributed by atoms with Crippen LogP contribution in [0.15, 0.2) is 37.1 Å². The number of aromatic nitrogens is 4. The van der Waals surface area contributed by atoms with E-state index in [-0.39, 0.29) is 0 Å². The molecule has 0 unspecified atom stereocenters. The van der Waals surface area contributed by atoms with Crippen molar-refractivity contribution in [2.75, 3.05) is 0 Å². The first-order valence-electron chi connectivity index (χ1n) is 4.33. The van der Waals surface area contributed by atoms with E-state index in [1.165, 1.54) is 12.4 Å². The lowest BCUT2D eigenvalue weighted by Gasteiger charge is -1.98. The summed E-state index contributed by atoms with van der Waals surface area (Å²) in [5.41, 5.74) is 0.867. The van der Waals surface area contributed by atoms with Crippen molar-refractivity contribution in [2.45, 2.75) is 0 Å². The predicted octanol–water partition coefficient (Wildman–Crippen LogP) is 0.874. The van der Waals surface area contributed by atoms with Gasteiger partial charge in [0, 0.05) is 6.20 Å². The van der Waals surface area contributed by atoms with Crippen molar-refractivity contribution in [3.8, 4) is 5.82 Å². The summed E-state index contributed by atoms with van der Waals surface area (Å²) in [4.78, 5) is 18.1. The van der Waals surface area contributed by atoms with Crippen molar-refractivity contribution in [2.24, 2.45) is 0 Å². The third-order valence-electron chi connectivity index (χ3n) is 1.79.